The number of hydrogen-bond acceptors (Lipinski definition) is 7. The maximum absolute atomic E-state index is 13.0. The van der Waals surface area contributed by atoms with Crippen LogP contribution in [0.15, 0.2) is 83.9 Å². The molecule has 0 radical (unpaired) electrons. The minimum absolute atomic E-state index is 0.109. The second-order valence-electron chi connectivity index (χ2n) is 8.22. The number of ether oxygens (including phenoxy) is 1. The van der Waals surface area contributed by atoms with Crippen molar-refractivity contribution in [3.8, 4) is 17.3 Å². The third kappa shape index (κ3) is 4.74. The van der Waals surface area contributed by atoms with E-state index in [4.69, 9.17) is 4.74 Å². The lowest BCUT2D eigenvalue weighted by molar-refractivity contribution is -0.385. The monoisotopic (exact) mass is 512 g/mol. The second-order valence-corrected chi connectivity index (χ2v) is 9.22. The normalized spacial score (nSPS) is 14.4. The highest BCUT2D eigenvalue weighted by Crippen LogP contribution is 2.36. The summed E-state index contributed by atoms with van der Waals surface area (Å²) in [5.74, 6) is 0.438. The molecule has 2 aromatic carbocycles. The lowest BCUT2D eigenvalue weighted by Gasteiger charge is -2.12. The number of nitro groups is 1. The SMILES string of the molecule is Cc1cc(/C=C2/SC(=O)N(c3ccccc3)C2=O)c(C)n1-c1ccc(Oc2ccc([N+](=O)[O-])cn2)cc1. The van der Waals surface area contributed by atoms with Crippen LogP contribution in [-0.2, 0) is 4.79 Å². The van der Waals surface area contributed by atoms with Gasteiger partial charge in [0.1, 0.15) is 11.9 Å². The number of amides is 2. The fourth-order valence-electron chi connectivity index (χ4n) is 4.06. The number of rotatable bonds is 6. The van der Waals surface area contributed by atoms with Gasteiger partial charge < -0.3 is 9.30 Å². The Bertz CT molecular complexity index is 1540. The summed E-state index contributed by atoms with van der Waals surface area (Å²) >= 11 is 0.926. The molecule has 3 heterocycles. The van der Waals surface area contributed by atoms with Gasteiger partial charge >= 0.3 is 0 Å². The number of nitrogens with zero attached hydrogens (tertiary/aromatic N) is 4. The van der Waals surface area contributed by atoms with Gasteiger partial charge in [0, 0.05) is 29.2 Å². The van der Waals surface area contributed by atoms with E-state index in [1.54, 1.807) is 42.5 Å². The van der Waals surface area contributed by atoms with Crippen molar-refractivity contribution in [1.82, 2.24) is 9.55 Å². The topological polar surface area (TPSA) is 108 Å². The Labute approximate surface area is 216 Å². The quantitative estimate of drug-likeness (QED) is 0.166. The first kappa shape index (κ1) is 24.0. The van der Waals surface area contributed by atoms with E-state index < -0.39 is 4.92 Å². The Kier molecular flexibility index (Phi) is 6.33. The Balaban J connectivity index is 1.37. The molecule has 1 fully saturated rings. The number of pyridine rings is 1. The largest absolute Gasteiger partial charge is 0.439 e. The molecule has 9 nitrogen and oxygen atoms in total. The van der Waals surface area contributed by atoms with Crippen LogP contribution >= 0.6 is 11.8 Å². The van der Waals surface area contributed by atoms with E-state index in [9.17, 15) is 19.7 Å². The van der Waals surface area contributed by atoms with Gasteiger partial charge in [-0.05, 0) is 79.7 Å². The molecule has 0 atom stereocenters. The highest BCUT2D eigenvalue weighted by molar-refractivity contribution is 8.19. The Morgan fingerprint density at radius 1 is 0.973 bits per heavy atom. The third-order valence-corrected chi connectivity index (χ3v) is 6.68. The zero-order valence-electron chi connectivity index (χ0n) is 19.8. The number of aryl methyl sites for hydroxylation is 1. The number of hydrogen-bond donors (Lipinski definition) is 0. The predicted molar refractivity (Wildman–Crippen MR) is 141 cm³/mol. The van der Waals surface area contributed by atoms with Gasteiger partial charge in [-0.1, -0.05) is 18.2 Å². The van der Waals surface area contributed by atoms with Gasteiger partial charge in [-0.15, -0.1) is 0 Å². The molecule has 0 saturated carbocycles. The van der Waals surface area contributed by atoms with Crippen LogP contribution in [0.3, 0.4) is 0 Å². The summed E-state index contributed by atoms with van der Waals surface area (Å²) in [6.45, 7) is 3.91. The maximum Gasteiger partial charge on any atom is 0.298 e. The van der Waals surface area contributed by atoms with Crippen molar-refractivity contribution in [1.29, 1.82) is 0 Å². The lowest BCUT2D eigenvalue weighted by atomic mass is 10.2. The molecular weight excluding hydrogens is 492 g/mol. The first-order chi connectivity index (χ1) is 17.8. The molecule has 184 valence electrons. The minimum Gasteiger partial charge on any atom is -0.439 e. The van der Waals surface area contributed by atoms with E-state index in [-0.39, 0.29) is 22.7 Å². The van der Waals surface area contributed by atoms with Crippen LogP contribution in [0.1, 0.15) is 17.0 Å². The van der Waals surface area contributed by atoms with Gasteiger partial charge in [-0.25, -0.2) is 9.88 Å². The van der Waals surface area contributed by atoms with Crippen LogP contribution in [0.2, 0.25) is 0 Å². The number of para-hydroxylation sites is 1. The Morgan fingerprint density at radius 3 is 2.35 bits per heavy atom. The summed E-state index contributed by atoms with van der Waals surface area (Å²) in [5.41, 5.74) is 4.03. The smallest absolute Gasteiger partial charge is 0.298 e. The maximum atomic E-state index is 13.0. The van der Waals surface area contributed by atoms with Crippen molar-refractivity contribution in [3.63, 3.8) is 0 Å². The molecule has 2 aromatic heterocycles. The van der Waals surface area contributed by atoms with E-state index in [1.807, 2.05) is 42.7 Å². The standard InChI is InChI=1S/C27H20N4O5S/c1-17-14-19(15-24-26(32)30(27(33)37-24)20-6-4-3-5-7-20)18(2)29(17)21-8-11-23(12-9-21)36-25-13-10-22(16-28-25)31(34)35/h3-16H,1-2H3/b24-15+. The first-order valence-electron chi connectivity index (χ1n) is 11.2. The van der Waals surface area contributed by atoms with Crippen LogP contribution in [0.4, 0.5) is 16.2 Å². The predicted octanol–water partition coefficient (Wildman–Crippen LogP) is 6.43. The van der Waals surface area contributed by atoms with E-state index in [2.05, 4.69) is 4.98 Å². The molecule has 10 heteroatoms. The number of benzene rings is 2. The van der Waals surface area contributed by atoms with Crippen molar-refractivity contribution >= 4 is 40.4 Å². The molecule has 1 aliphatic rings. The summed E-state index contributed by atoms with van der Waals surface area (Å²) in [5, 5.41) is 10.5. The van der Waals surface area contributed by atoms with Crippen molar-refractivity contribution in [3.05, 3.63) is 111 Å². The van der Waals surface area contributed by atoms with Crippen LogP contribution in [0.5, 0.6) is 11.6 Å². The molecule has 2 amide bonds. The van der Waals surface area contributed by atoms with Crippen molar-refractivity contribution in [2.24, 2.45) is 0 Å². The van der Waals surface area contributed by atoms with E-state index >= 15 is 0 Å². The Hall–Kier alpha value is -4.70. The molecule has 0 unspecified atom stereocenters. The fraction of sp³-hybridized carbons (Fsp3) is 0.0741. The molecule has 0 bridgehead atoms. The number of anilines is 1. The summed E-state index contributed by atoms with van der Waals surface area (Å²) in [6, 6.07) is 20.9. The number of aromatic nitrogens is 2. The summed E-state index contributed by atoms with van der Waals surface area (Å²) < 4.78 is 7.74. The molecule has 0 aliphatic carbocycles. The fourth-order valence-corrected chi connectivity index (χ4v) is 4.90. The number of thioether (sulfide) groups is 1. The summed E-state index contributed by atoms with van der Waals surface area (Å²) in [4.78, 5) is 41.3. The second kappa shape index (κ2) is 9.75. The summed E-state index contributed by atoms with van der Waals surface area (Å²) in [6.07, 6.45) is 2.90. The molecule has 0 N–H and O–H groups in total. The van der Waals surface area contributed by atoms with E-state index in [0.717, 1.165) is 40.6 Å². The van der Waals surface area contributed by atoms with Gasteiger partial charge in [-0.2, -0.15) is 0 Å². The number of carbonyl (C=O) groups is 2. The van der Waals surface area contributed by atoms with Gasteiger partial charge in [0.25, 0.3) is 16.8 Å². The van der Waals surface area contributed by atoms with Gasteiger partial charge in [0.15, 0.2) is 0 Å². The van der Waals surface area contributed by atoms with Crippen molar-refractivity contribution in [2.45, 2.75) is 13.8 Å². The molecule has 0 spiro atoms. The molecule has 1 aliphatic heterocycles. The molecule has 5 rings (SSSR count). The van der Waals surface area contributed by atoms with Gasteiger partial charge in [0.2, 0.25) is 5.88 Å². The first-order valence-corrected chi connectivity index (χ1v) is 12.0. The van der Waals surface area contributed by atoms with Gasteiger partial charge in [-0.3, -0.25) is 19.7 Å². The molecular formula is C27H20N4O5S. The van der Waals surface area contributed by atoms with Crippen LogP contribution in [0.25, 0.3) is 11.8 Å². The van der Waals surface area contributed by atoms with Crippen LogP contribution < -0.4 is 9.64 Å². The molecule has 1 saturated heterocycles. The van der Waals surface area contributed by atoms with Crippen molar-refractivity contribution < 1.29 is 19.2 Å². The third-order valence-electron chi connectivity index (χ3n) is 5.81. The number of imide groups is 1. The Morgan fingerprint density at radius 2 is 1.70 bits per heavy atom. The highest BCUT2D eigenvalue weighted by Gasteiger charge is 2.36. The average Bonchev–Trinajstić information content (AvgIpc) is 3.33. The van der Waals surface area contributed by atoms with Crippen molar-refractivity contribution in [2.75, 3.05) is 4.90 Å². The zero-order chi connectivity index (χ0) is 26.1. The molecule has 37 heavy (non-hydrogen) atoms. The highest BCUT2D eigenvalue weighted by atomic mass is 32.2. The van der Waals surface area contributed by atoms with E-state index in [1.165, 1.54) is 17.0 Å². The average molecular weight is 513 g/mol. The van der Waals surface area contributed by atoms with Gasteiger partial charge in [0.05, 0.1) is 15.5 Å². The van der Waals surface area contributed by atoms with Crippen LogP contribution in [-0.4, -0.2) is 25.6 Å². The zero-order valence-corrected chi connectivity index (χ0v) is 20.6. The lowest BCUT2D eigenvalue weighted by Crippen LogP contribution is -2.27. The number of carbonyl (C=O) groups excluding carboxylic acids is 2. The summed E-state index contributed by atoms with van der Waals surface area (Å²) in [7, 11) is 0. The van der Waals surface area contributed by atoms with E-state index in [0.29, 0.717) is 16.3 Å². The molecule has 4 aromatic rings. The minimum atomic E-state index is -0.518. The van der Waals surface area contributed by atoms with Crippen LogP contribution in [0, 0.1) is 24.0 Å².